The standard InChI is InChI=1S/C33H32N6O2/c1-23-18-27-20-29(33(40)34-30(27)19-24(23)2)31(32-35-36-37-39(32)16-15-25-10-5-3-6-11-25)38(22-28-14-9-17-41-28)21-26-12-7-4-8-13-26/h3-14,17-20,31H,15-16,21-22H2,1-2H3,(H,34,40). The monoisotopic (exact) mass is 544 g/mol. The number of hydrogen-bond donors (Lipinski definition) is 1. The molecule has 0 saturated heterocycles. The fraction of sp³-hybridized carbons (Fsp3) is 0.212. The van der Waals surface area contributed by atoms with Gasteiger partial charge in [-0.3, -0.25) is 9.69 Å². The quantitative estimate of drug-likeness (QED) is 0.236. The Balaban J connectivity index is 1.49. The second-order valence-corrected chi connectivity index (χ2v) is 10.4. The lowest BCUT2D eigenvalue weighted by Crippen LogP contribution is -2.35. The van der Waals surface area contributed by atoms with Crippen LogP contribution in [0.2, 0.25) is 0 Å². The molecule has 6 rings (SSSR count). The van der Waals surface area contributed by atoms with Gasteiger partial charge in [0.2, 0.25) is 0 Å². The van der Waals surface area contributed by atoms with Crippen molar-refractivity contribution < 1.29 is 4.42 Å². The Kier molecular flexibility index (Phi) is 7.56. The molecule has 1 N–H and O–H groups in total. The van der Waals surface area contributed by atoms with Gasteiger partial charge in [-0.1, -0.05) is 60.7 Å². The first-order valence-corrected chi connectivity index (χ1v) is 13.8. The topological polar surface area (TPSA) is 92.8 Å². The maximum absolute atomic E-state index is 13.8. The van der Waals surface area contributed by atoms with Crippen molar-refractivity contribution in [2.45, 2.75) is 45.9 Å². The molecule has 3 aromatic heterocycles. The Morgan fingerprint density at radius 2 is 1.61 bits per heavy atom. The number of nitrogens with zero attached hydrogens (tertiary/aromatic N) is 5. The maximum Gasteiger partial charge on any atom is 0.253 e. The molecule has 6 aromatic rings. The predicted octanol–water partition coefficient (Wildman–Crippen LogP) is 5.76. The minimum absolute atomic E-state index is 0.166. The van der Waals surface area contributed by atoms with Gasteiger partial charge in [0.1, 0.15) is 11.8 Å². The fourth-order valence-electron chi connectivity index (χ4n) is 5.30. The fourth-order valence-corrected chi connectivity index (χ4v) is 5.30. The summed E-state index contributed by atoms with van der Waals surface area (Å²) in [5.41, 5.74) is 5.82. The third-order valence-corrected chi connectivity index (χ3v) is 7.57. The first kappa shape index (κ1) is 26.4. The molecule has 0 fully saturated rings. The number of hydrogen-bond acceptors (Lipinski definition) is 6. The van der Waals surface area contributed by atoms with Crippen LogP contribution in [0.25, 0.3) is 10.9 Å². The molecule has 8 nitrogen and oxygen atoms in total. The van der Waals surface area contributed by atoms with E-state index in [1.54, 1.807) is 6.26 Å². The Morgan fingerprint density at radius 3 is 2.34 bits per heavy atom. The molecule has 0 aliphatic rings. The van der Waals surface area contributed by atoms with Gasteiger partial charge in [0, 0.05) is 24.2 Å². The highest BCUT2D eigenvalue weighted by atomic mass is 16.3. The molecule has 0 aliphatic carbocycles. The van der Waals surface area contributed by atoms with E-state index in [1.807, 2.05) is 65.3 Å². The molecule has 0 amide bonds. The number of rotatable bonds is 10. The number of furan rings is 1. The van der Waals surface area contributed by atoms with Crippen molar-refractivity contribution in [2.24, 2.45) is 0 Å². The lowest BCUT2D eigenvalue weighted by molar-refractivity contribution is 0.178. The smallest absolute Gasteiger partial charge is 0.253 e. The second kappa shape index (κ2) is 11.7. The highest BCUT2D eigenvalue weighted by molar-refractivity contribution is 5.81. The van der Waals surface area contributed by atoms with Crippen LogP contribution in [-0.4, -0.2) is 30.1 Å². The second-order valence-electron chi connectivity index (χ2n) is 10.4. The van der Waals surface area contributed by atoms with Gasteiger partial charge in [-0.15, -0.1) is 5.10 Å². The van der Waals surface area contributed by atoms with Crippen LogP contribution in [0.5, 0.6) is 0 Å². The number of H-pyrrole nitrogens is 1. The van der Waals surface area contributed by atoms with Crippen LogP contribution < -0.4 is 5.56 Å². The number of benzene rings is 3. The van der Waals surface area contributed by atoms with Crippen LogP contribution in [0.3, 0.4) is 0 Å². The van der Waals surface area contributed by atoms with E-state index in [0.29, 0.717) is 31.0 Å². The number of fused-ring (bicyclic) bond motifs is 1. The third-order valence-electron chi connectivity index (χ3n) is 7.57. The van der Waals surface area contributed by atoms with Crippen LogP contribution in [0.15, 0.2) is 106 Å². The van der Waals surface area contributed by atoms with E-state index in [0.717, 1.165) is 39.8 Å². The van der Waals surface area contributed by atoms with Gasteiger partial charge in [-0.25, -0.2) is 4.68 Å². The zero-order chi connectivity index (χ0) is 28.2. The summed E-state index contributed by atoms with van der Waals surface area (Å²) < 4.78 is 7.61. The number of aromatic nitrogens is 5. The van der Waals surface area contributed by atoms with Gasteiger partial charge < -0.3 is 9.40 Å². The minimum Gasteiger partial charge on any atom is -0.468 e. The van der Waals surface area contributed by atoms with E-state index in [2.05, 4.69) is 69.6 Å². The normalized spacial score (nSPS) is 12.3. The molecule has 0 spiro atoms. The van der Waals surface area contributed by atoms with Crippen LogP contribution in [0.1, 0.15) is 45.4 Å². The summed E-state index contributed by atoms with van der Waals surface area (Å²) in [6.45, 7) is 5.73. The van der Waals surface area contributed by atoms with Gasteiger partial charge in [0.15, 0.2) is 5.82 Å². The first-order chi connectivity index (χ1) is 20.0. The molecule has 3 heterocycles. The summed E-state index contributed by atoms with van der Waals surface area (Å²) >= 11 is 0. The number of aromatic amines is 1. The average molecular weight is 545 g/mol. The van der Waals surface area contributed by atoms with Gasteiger partial charge in [-0.05, 0) is 88.7 Å². The number of aryl methyl sites for hydroxylation is 4. The predicted molar refractivity (Wildman–Crippen MR) is 158 cm³/mol. The zero-order valence-corrected chi connectivity index (χ0v) is 23.2. The number of nitrogens with one attached hydrogen (secondary N) is 1. The third kappa shape index (κ3) is 5.88. The van der Waals surface area contributed by atoms with Crippen molar-refractivity contribution in [1.82, 2.24) is 30.1 Å². The zero-order valence-electron chi connectivity index (χ0n) is 23.2. The van der Waals surface area contributed by atoms with E-state index in [1.165, 1.54) is 5.56 Å². The van der Waals surface area contributed by atoms with Crippen molar-refractivity contribution in [2.75, 3.05) is 0 Å². The summed E-state index contributed by atoms with van der Waals surface area (Å²) in [7, 11) is 0. The summed E-state index contributed by atoms with van der Waals surface area (Å²) in [5.74, 6) is 1.40. The van der Waals surface area contributed by atoms with Gasteiger partial charge in [0.25, 0.3) is 5.56 Å². The largest absolute Gasteiger partial charge is 0.468 e. The first-order valence-electron chi connectivity index (χ1n) is 13.8. The van der Waals surface area contributed by atoms with Crippen molar-refractivity contribution >= 4 is 10.9 Å². The molecular formula is C33H32N6O2. The van der Waals surface area contributed by atoms with Crippen molar-refractivity contribution in [3.8, 4) is 0 Å². The lowest BCUT2D eigenvalue weighted by atomic mass is 10.00. The van der Waals surface area contributed by atoms with Crippen LogP contribution in [0.4, 0.5) is 0 Å². The summed E-state index contributed by atoms with van der Waals surface area (Å²) in [6.07, 6.45) is 2.43. The maximum atomic E-state index is 13.8. The molecule has 206 valence electrons. The molecular weight excluding hydrogens is 512 g/mol. The molecule has 1 atom stereocenters. The molecule has 3 aromatic carbocycles. The molecule has 0 aliphatic heterocycles. The van der Waals surface area contributed by atoms with Crippen LogP contribution in [-0.2, 0) is 26.1 Å². The SMILES string of the molecule is Cc1cc2cc(C(c3nnnn3CCc3ccccc3)N(Cc3ccccc3)Cc3ccco3)c(=O)[nH]c2cc1C. The molecule has 0 radical (unpaired) electrons. The van der Waals surface area contributed by atoms with Gasteiger partial charge >= 0.3 is 0 Å². The van der Waals surface area contributed by atoms with E-state index in [-0.39, 0.29) is 5.56 Å². The Labute approximate surface area is 238 Å². The summed E-state index contributed by atoms with van der Waals surface area (Å²) in [6, 6.07) is 29.9. The number of tetrazole rings is 1. The molecule has 8 heteroatoms. The highest BCUT2D eigenvalue weighted by Gasteiger charge is 2.31. The van der Waals surface area contributed by atoms with Crippen LogP contribution in [0, 0.1) is 13.8 Å². The van der Waals surface area contributed by atoms with Gasteiger partial charge in [-0.2, -0.15) is 0 Å². The average Bonchev–Trinajstić information content (AvgIpc) is 3.67. The Morgan fingerprint density at radius 1 is 0.878 bits per heavy atom. The lowest BCUT2D eigenvalue weighted by Gasteiger charge is -2.30. The number of pyridine rings is 1. The van der Waals surface area contributed by atoms with Crippen molar-refractivity contribution in [3.63, 3.8) is 0 Å². The van der Waals surface area contributed by atoms with E-state index in [9.17, 15) is 4.79 Å². The van der Waals surface area contributed by atoms with Crippen molar-refractivity contribution in [1.29, 1.82) is 0 Å². The Hall–Kier alpha value is -4.82. The molecule has 0 bridgehead atoms. The van der Waals surface area contributed by atoms with E-state index >= 15 is 0 Å². The van der Waals surface area contributed by atoms with Gasteiger partial charge in [0.05, 0.1) is 12.8 Å². The molecule has 1 unspecified atom stereocenters. The molecule has 41 heavy (non-hydrogen) atoms. The van der Waals surface area contributed by atoms with Crippen LogP contribution >= 0.6 is 0 Å². The molecule has 0 saturated carbocycles. The Bertz CT molecular complexity index is 1790. The van der Waals surface area contributed by atoms with E-state index < -0.39 is 6.04 Å². The van der Waals surface area contributed by atoms with E-state index in [4.69, 9.17) is 4.42 Å². The summed E-state index contributed by atoms with van der Waals surface area (Å²) in [4.78, 5) is 19.2. The minimum atomic E-state index is -0.541. The van der Waals surface area contributed by atoms with Crippen molar-refractivity contribution in [3.05, 3.63) is 147 Å². The summed E-state index contributed by atoms with van der Waals surface area (Å²) in [5, 5.41) is 14.0. The highest BCUT2D eigenvalue weighted by Crippen LogP contribution is 2.31.